The van der Waals surface area contributed by atoms with E-state index in [-0.39, 0.29) is 11.7 Å². The molecule has 2 aromatic carbocycles. The van der Waals surface area contributed by atoms with Crippen molar-refractivity contribution in [2.24, 2.45) is 18.5 Å². The van der Waals surface area contributed by atoms with Gasteiger partial charge >= 0.3 is 0 Å². The first kappa shape index (κ1) is 12.2. The van der Waals surface area contributed by atoms with Crippen molar-refractivity contribution in [2.45, 2.75) is 0 Å². The van der Waals surface area contributed by atoms with Crippen LogP contribution >= 0.6 is 0 Å². The standard InChI is InChI=1S/C15H15N5/c1-20-12-4-2-8(14(16)17)6-10(12)11-7-9(15(18)19)3-5-13(11)20/h2-7H,1H3,(H3,16,17)(H3,18,19). The summed E-state index contributed by atoms with van der Waals surface area (Å²) in [6.45, 7) is 0. The van der Waals surface area contributed by atoms with Crippen LogP contribution in [-0.4, -0.2) is 16.2 Å². The van der Waals surface area contributed by atoms with E-state index in [1.807, 2.05) is 43.4 Å². The lowest BCUT2D eigenvalue weighted by atomic mass is 10.1. The Morgan fingerprint density at radius 3 is 1.60 bits per heavy atom. The summed E-state index contributed by atoms with van der Waals surface area (Å²) in [5.74, 6) is 0.0956. The quantitative estimate of drug-likeness (QED) is 0.420. The maximum Gasteiger partial charge on any atom is 0.122 e. The first-order valence-corrected chi connectivity index (χ1v) is 6.20. The predicted molar refractivity (Wildman–Crippen MR) is 82.5 cm³/mol. The Morgan fingerprint density at radius 1 is 0.850 bits per heavy atom. The maximum atomic E-state index is 7.55. The summed E-state index contributed by atoms with van der Waals surface area (Å²) in [4.78, 5) is 0. The molecule has 5 nitrogen and oxygen atoms in total. The highest BCUT2D eigenvalue weighted by Crippen LogP contribution is 2.29. The van der Waals surface area contributed by atoms with Crippen molar-refractivity contribution in [1.82, 2.24) is 4.57 Å². The Kier molecular flexibility index (Phi) is 2.50. The number of nitrogens with one attached hydrogen (secondary N) is 2. The highest BCUT2D eigenvalue weighted by molar-refractivity contribution is 6.12. The number of amidine groups is 2. The molecular weight excluding hydrogens is 250 g/mol. The molecule has 0 fully saturated rings. The fourth-order valence-electron chi connectivity index (χ4n) is 2.55. The van der Waals surface area contributed by atoms with Gasteiger partial charge in [0.25, 0.3) is 0 Å². The Hall–Kier alpha value is -2.82. The van der Waals surface area contributed by atoms with Crippen LogP contribution in [0.3, 0.4) is 0 Å². The van der Waals surface area contributed by atoms with E-state index in [9.17, 15) is 0 Å². The molecular formula is C15H15N5. The number of nitrogen functional groups attached to an aromatic ring is 2. The van der Waals surface area contributed by atoms with E-state index in [1.165, 1.54) is 0 Å². The lowest BCUT2D eigenvalue weighted by molar-refractivity contribution is 1.01. The average Bonchev–Trinajstić information content (AvgIpc) is 2.71. The van der Waals surface area contributed by atoms with E-state index in [2.05, 4.69) is 4.57 Å². The summed E-state index contributed by atoms with van der Waals surface area (Å²) in [5, 5.41) is 17.1. The molecule has 1 heterocycles. The average molecular weight is 265 g/mol. The smallest absolute Gasteiger partial charge is 0.122 e. The van der Waals surface area contributed by atoms with Gasteiger partial charge < -0.3 is 16.0 Å². The summed E-state index contributed by atoms with van der Waals surface area (Å²) in [6.07, 6.45) is 0. The summed E-state index contributed by atoms with van der Waals surface area (Å²) in [5.41, 5.74) is 14.6. The van der Waals surface area contributed by atoms with Gasteiger partial charge in [0, 0.05) is 40.0 Å². The monoisotopic (exact) mass is 265 g/mol. The molecule has 0 saturated heterocycles. The molecule has 20 heavy (non-hydrogen) atoms. The minimum atomic E-state index is 0.0478. The van der Waals surface area contributed by atoms with Crippen LogP contribution in [0.15, 0.2) is 36.4 Å². The zero-order chi connectivity index (χ0) is 14.4. The van der Waals surface area contributed by atoms with Gasteiger partial charge in [-0.05, 0) is 36.4 Å². The van der Waals surface area contributed by atoms with Gasteiger partial charge in [-0.2, -0.15) is 0 Å². The van der Waals surface area contributed by atoms with Crippen LogP contribution in [-0.2, 0) is 7.05 Å². The summed E-state index contributed by atoms with van der Waals surface area (Å²) < 4.78 is 2.08. The normalized spacial score (nSPS) is 11.1. The van der Waals surface area contributed by atoms with Crippen LogP contribution in [0, 0.1) is 10.8 Å². The number of fused-ring (bicyclic) bond motifs is 3. The second-order valence-corrected chi connectivity index (χ2v) is 4.85. The molecule has 0 aliphatic carbocycles. The molecule has 3 aromatic rings. The minimum absolute atomic E-state index is 0.0478. The van der Waals surface area contributed by atoms with Crippen LogP contribution in [0.5, 0.6) is 0 Å². The fraction of sp³-hybridized carbons (Fsp3) is 0.0667. The van der Waals surface area contributed by atoms with E-state index >= 15 is 0 Å². The third-order valence-electron chi connectivity index (χ3n) is 3.63. The molecule has 5 heteroatoms. The summed E-state index contributed by atoms with van der Waals surface area (Å²) in [7, 11) is 1.99. The highest BCUT2D eigenvalue weighted by Gasteiger charge is 2.11. The van der Waals surface area contributed by atoms with Crippen molar-refractivity contribution < 1.29 is 0 Å². The van der Waals surface area contributed by atoms with Gasteiger partial charge in [0.2, 0.25) is 0 Å². The van der Waals surface area contributed by atoms with Gasteiger partial charge in [-0.25, -0.2) is 0 Å². The van der Waals surface area contributed by atoms with Crippen LogP contribution in [0.1, 0.15) is 11.1 Å². The van der Waals surface area contributed by atoms with Crippen molar-refractivity contribution in [1.29, 1.82) is 10.8 Å². The third kappa shape index (κ3) is 1.64. The van der Waals surface area contributed by atoms with Crippen molar-refractivity contribution in [3.63, 3.8) is 0 Å². The van der Waals surface area contributed by atoms with Gasteiger partial charge in [-0.1, -0.05) is 0 Å². The van der Waals surface area contributed by atoms with Gasteiger partial charge in [0.15, 0.2) is 0 Å². The van der Waals surface area contributed by atoms with Crippen LogP contribution in [0.4, 0.5) is 0 Å². The van der Waals surface area contributed by atoms with Crippen LogP contribution in [0.2, 0.25) is 0 Å². The molecule has 0 aliphatic rings. The lowest BCUT2D eigenvalue weighted by Gasteiger charge is -2.00. The lowest BCUT2D eigenvalue weighted by Crippen LogP contribution is -2.10. The molecule has 0 radical (unpaired) electrons. The summed E-state index contributed by atoms with van der Waals surface area (Å²) >= 11 is 0. The molecule has 1 aromatic heterocycles. The molecule has 0 atom stereocenters. The first-order chi connectivity index (χ1) is 9.49. The van der Waals surface area contributed by atoms with Crippen LogP contribution < -0.4 is 11.5 Å². The molecule has 0 aliphatic heterocycles. The Bertz CT molecular complexity index is 801. The van der Waals surface area contributed by atoms with Crippen molar-refractivity contribution in [3.05, 3.63) is 47.5 Å². The second kappa shape index (κ2) is 4.09. The van der Waals surface area contributed by atoms with Gasteiger partial charge in [-0.15, -0.1) is 0 Å². The van der Waals surface area contributed by atoms with E-state index < -0.39 is 0 Å². The number of aryl methyl sites for hydroxylation is 1. The third-order valence-corrected chi connectivity index (χ3v) is 3.63. The zero-order valence-electron chi connectivity index (χ0n) is 11.1. The molecule has 6 N–H and O–H groups in total. The molecule has 0 spiro atoms. The fourth-order valence-corrected chi connectivity index (χ4v) is 2.55. The number of hydrogen-bond donors (Lipinski definition) is 4. The second-order valence-electron chi connectivity index (χ2n) is 4.85. The number of nitrogens with two attached hydrogens (primary N) is 2. The highest BCUT2D eigenvalue weighted by atomic mass is 14.9. The Balaban J connectivity index is 2.44. The number of hydrogen-bond acceptors (Lipinski definition) is 2. The number of aromatic nitrogens is 1. The number of nitrogens with zero attached hydrogens (tertiary/aromatic N) is 1. The van der Waals surface area contributed by atoms with Crippen molar-refractivity contribution in [3.8, 4) is 0 Å². The predicted octanol–water partition coefficient (Wildman–Crippen LogP) is 1.90. The molecule has 100 valence electrons. The van der Waals surface area contributed by atoms with E-state index in [1.54, 1.807) is 0 Å². The minimum Gasteiger partial charge on any atom is -0.384 e. The van der Waals surface area contributed by atoms with E-state index in [0.29, 0.717) is 11.1 Å². The number of rotatable bonds is 2. The Labute approximate surface area is 115 Å². The van der Waals surface area contributed by atoms with Gasteiger partial charge in [0.1, 0.15) is 11.7 Å². The zero-order valence-corrected chi connectivity index (χ0v) is 11.1. The van der Waals surface area contributed by atoms with Crippen molar-refractivity contribution in [2.75, 3.05) is 0 Å². The first-order valence-electron chi connectivity index (χ1n) is 6.20. The van der Waals surface area contributed by atoms with Crippen LogP contribution in [0.25, 0.3) is 21.8 Å². The molecule has 3 rings (SSSR count). The molecule has 0 saturated carbocycles. The number of benzene rings is 2. The van der Waals surface area contributed by atoms with Gasteiger partial charge in [-0.3, -0.25) is 10.8 Å². The van der Waals surface area contributed by atoms with Gasteiger partial charge in [0.05, 0.1) is 0 Å². The SMILES string of the molecule is Cn1c2ccc(C(=N)N)cc2c2cc(C(=N)N)ccc21. The molecule has 0 unspecified atom stereocenters. The largest absolute Gasteiger partial charge is 0.384 e. The van der Waals surface area contributed by atoms with E-state index in [0.717, 1.165) is 21.8 Å². The molecule has 0 bridgehead atoms. The molecule has 0 amide bonds. The topological polar surface area (TPSA) is 105 Å². The summed E-state index contributed by atoms with van der Waals surface area (Å²) in [6, 6.07) is 11.4. The van der Waals surface area contributed by atoms with E-state index in [4.69, 9.17) is 22.3 Å². The maximum absolute atomic E-state index is 7.55. The van der Waals surface area contributed by atoms with Crippen molar-refractivity contribution >= 4 is 33.5 Å². The Morgan fingerprint density at radius 2 is 1.25 bits per heavy atom.